The van der Waals surface area contributed by atoms with E-state index in [1.54, 1.807) is 7.11 Å². The van der Waals surface area contributed by atoms with Gasteiger partial charge in [0.1, 0.15) is 5.75 Å². The van der Waals surface area contributed by atoms with Crippen molar-refractivity contribution in [3.05, 3.63) is 95.1 Å². The smallest absolute Gasteiger partial charge is 0.258 e. The summed E-state index contributed by atoms with van der Waals surface area (Å²) in [5, 5.41) is 0. The lowest BCUT2D eigenvalue weighted by atomic mass is 9.99. The summed E-state index contributed by atoms with van der Waals surface area (Å²) in [4.78, 5) is 18.0. The minimum atomic E-state index is 0.0587. The highest BCUT2D eigenvalue weighted by Gasteiger charge is 2.30. The van der Waals surface area contributed by atoms with Gasteiger partial charge in [0.15, 0.2) is 0 Å². The maximum absolute atomic E-state index is 13.5. The van der Waals surface area contributed by atoms with Crippen LogP contribution >= 0.6 is 0 Å². The Balaban J connectivity index is 1.50. The topological polar surface area (TPSA) is 32.8 Å². The Hall–Kier alpha value is -3.11. The van der Waals surface area contributed by atoms with Crippen molar-refractivity contribution in [3.8, 4) is 5.75 Å². The molecule has 0 spiro atoms. The van der Waals surface area contributed by atoms with Crippen LogP contribution in [0.5, 0.6) is 5.75 Å². The van der Waals surface area contributed by atoms with Crippen molar-refractivity contribution >= 4 is 11.6 Å². The van der Waals surface area contributed by atoms with Gasteiger partial charge in [0, 0.05) is 36.9 Å². The highest BCUT2D eigenvalue weighted by molar-refractivity contribution is 6.06. The lowest BCUT2D eigenvalue weighted by Crippen LogP contribution is -2.47. The normalized spacial score (nSPS) is 14.8. The number of anilines is 1. The summed E-state index contributed by atoms with van der Waals surface area (Å²) < 4.78 is 5.32. The molecule has 1 fully saturated rings. The summed E-state index contributed by atoms with van der Waals surface area (Å²) >= 11 is 0. The Labute approximate surface area is 191 Å². The first-order valence-electron chi connectivity index (χ1n) is 11.4. The van der Waals surface area contributed by atoms with Crippen molar-refractivity contribution < 1.29 is 9.53 Å². The van der Waals surface area contributed by atoms with Gasteiger partial charge in [-0.1, -0.05) is 36.4 Å². The first-order valence-corrected chi connectivity index (χ1v) is 11.4. The maximum Gasteiger partial charge on any atom is 0.258 e. The van der Waals surface area contributed by atoms with Crippen LogP contribution in [0, 0.1) is 13.8 Å². The SMILES string of the molecule is COc1ccc(N(C(=O)c2ccccc2)C2CCN(Cc3ccc(C)c(C)c3)CC2)cc1. The number of ether oxygens (including phenoxy) is 1. The van der Waals surface area contributed by atoms with E-state index >= 15 is 0 Å². The third-order valence-electron chi connectivity index (χ3n) is 6.49. The number of carbonyl (C=O) groups excluding carboxylic acids is 1. The lowest BCUT2D eigenvalue weighted by molar-refractivity contribution is 0.0958. The molecule has 1 aliphatic heterocycles. The molecule has 1 saturated heterocycles. The van der Waals surface area contributed by atoms with Crippen LogP contribution in [-0.2, 0) is 6.54 Å². The fourth-order valence-electron chi connectivity index (χ4n) is 4.45. The second kappa shape index (κ2) is 10.0. The van der Waals surface area contributed by atoms with Gasteiger partial charge in [-0.15, -0.1) is 0 Å². The molecule has 0 radical (unpaired) electrons. The molecule has 0 bridgehead atoms. The van der Waals surface area contributed by atoms with E-state index in [1.807, 2.05) is 59.5 Å². The molecule has 0 N–H and O–H groups in total. The van der Waals surface area contributed by atoms with Crippen molar-refractivity contribution in [3.63, 3.8) is 0 Å². The summed E-state index contributed by atoms with van der Waals surface area (Å²) in [5.41, 5.74) is 5.69. The van der Waals surface area contributed by atoms with E-state index in [0.717, 1.165) is 49.5 Å². The van der Waals surface area contributed by atoms with Gasteiger partial charge in [-0.25, -0.2) is 0 Å². The lowest BCUT2D eigenvalue weighted by Gasteiger charge is -2.38. The molecule has 0 aliphatic carbocycles. The van der Waals surface area contributed by atoms with Crippen LogP contribution in [0.3, 0.4) is 0 Å². The van der Waals surface area contributed by atoms with E-state index in [2.05, 4.69) is 36.9 Å². The van der Waals surface area contributed by atoms with Gasteiger partial charge >= 0.3 is 0 Å². The molecule has 1 aliphatic rings. The highest BCUT2D eigenvalue weighted by atomic mass is 16.5. The minimum absolute atomic E-state index is 0.0587. The minimum Gasteiger partial charge on any atom is -0.497 e. The molecule has 0 atom stereocenters. The van der Waals surface area contributed by atoms with Crippen LogP contribution in [0.4, 0.5) is 5.69 Å². The number of nitrogens with zero attached hydrogens (tertiary/aromatic N) is 2. The number of benzene rings is 3. The van der Waals surface area contributed by atoms with E-state index in [-0.39, 0.29) is 11.9 Å². The zero-order valence-electron chi connectivity index (χ0n) is 19.3. The molecule has 4 heteroatoms. The molecule has 4 rings (SSSR count). The molecule has 3 aromatic carbocycles. The molecule has 1 amide bonds. The summed E-state index contributed by atoms with van der Waals surface area (Å²) in [6.45, 7) is 7.25. The van der Waals surface area contributed by atoms with Gasteiger partial charge in [0.2, 0.25) is 0 Å². The molecule has 3 aromatic rings. The number of hydrogen-bond acceptors (Lipinski definition) is 3. The van der Waals surface area contributed by atoms with E-state index in [0.29, 0.717) is 0 Å². The van der Waals surface area contributed by atoms with Crippen LogP contribution in [0.15, 0.2) is 72.8 Å². The summed E-state index contributed by atoms with van der Waals surface area (Å²) in [7, 11) is 1.66. The Kier molecular flexibility index (Phi) is 6.91. The summed E-state index contributed by atoms with van der Waals surface area (Å²) in [5.74, 6) is 0.854. The van der Waals surface area contributed by atoms with Crippen LogP contribution in [-0.4, -0.2) is 37.0 Å². The monoisotopic (exact) mass is 428 g/mol. The average Bonchev–Trinajstić information content (AvgIpc) is 2.83. The Bertz CT molecular complexity index is 1040. The average molecular weight is 429 g/mol. The molecule has 0 saturated carbocycles. The second-order valence-corrected chi connectivity index (χ2v) is 8.67. The van der Waals surface area contributed by atoms with Crippen LogP contribution in [0.2, 0.25) is 0 Å². The number of likely N-dealkylation sites (tertiary alicyclic amines) is 1. The van der Waals surface area contributed by atoms with Gasteiger partial charge in [0.05, 0.1) is 7.11 Å². The highest BCUT2D eigenvalue weighted by Crippen LogP contribution is 2.28. The fraction of sp³-hybridized carbons (Fsp3) is 0.321. The van der Waals surface area contributed by atoms with Crippen LogP contribution in [0.1, 0.15) is 39.9 Å². The number of piperidine rings is 1. The number of methoxy groups -OCH3 is 1. The third kappa shape index (κ3) is 5.03. The molecule has 0 aromatic heterocycles. The summed E-state index contributed by atoms with van der Waals surface area (Å²) in [6, 6.07) is 24.3. The van der Waals surface area contributed by atoms with Gasteiger partial charge in [-0.2, -0.15) is 0 Å². The zero-order chi connectivity index (χ0) is 22.5. The van der Waals surface area contributed by atoms with Crippen molar-refractivity contribution in [2.75, 3.05) is 25.1 Å². The predicted molar refractivity (Wildman–Crippen MR) is 130 cm³/mol. The van der Waals surface area contributed by atoms with Crippen LogP contribution < -0.4 is 9.64 Å². The van der Waals surface area contributed by atoms with Crippen LogP contribution in [0.25, 0.3) is 0 Å². The molecule has 4 nitrogen and oxygen atoms in total. The fourth-order valence-corrected chi connectivity index (χ4v) is 4.45. The number of hydrogen-bond donors (Lipinski definition) is 0. The standard InChI is InChI=1S/C28H32N2O2/c1-21-9-10-23(19-22(21)2)20-29-17-15-26(16-18-29)30(25-11-13-27(32-3)14-12-25)28(31)24-7-5-4-6-8-24/h4-14,19,26H,15-18,20H2,1-3H3. The van der Waals surface area contributed by atoms with Gasteiger partial charge in [-0.05, 0) is 79.8 Å². The van der Waals surface area contributed by atoms with Gasteiger partial charge < -0.3 is 9.64 Å². The molecule has 32 heavy (non-hydrogen) atoms. The Morgan fingerprint density at radius 3 is 2.25 bits per heavy atom. The van der Waals surface area contributed by atoms with E-state index in [4.69, 9.17) is 4.74 Å². The van der Waals surface area contributed by atoms with Crippen molar-refractivity contribution in [1.29, 1.82) is 0 Å². The second-order valence-electron chi connectivity index (χ2n) is 8.67. The number of carbonyl (C=O) groups is 1. The molecule has 0 unspecified atom stereocenters. The first-order chi connectivity index (χ1) is 15.5. The molecular weight excluding hydrogens is 396 g/mol. The quantitative estimate of drug-likeness (QED) is 0.511. The molecular formula is C28H32N2O2. The maximum atomic E-state index is 13.5. The first kappa shape index (κ1) is 22.1. The van der Waals surface area contributed by atoms with Crippen molar-refractivity contribution in [2.24, 2.45) is 0 Å². The predicted octanol–water partition coefficient (Wildman–Crippen LogP) is 5.62. The molecule has 166 valence electrons. The third-order valence-corrected chi connectivity index (χ3v) is 6.49. The van der Waals surface area contributed by atoms with E-state index in [9.17, 15) is 4.79 Å². The Morgan fingerprint density at radius 1 is 0.938 bits per heavy atom. The van der Waals surface area contributed by atoms with E-state index < -0.39 is 0 Å². The van der Waals surface area contributed by atoms with Crippen molar-refractivity contribution in [2.45, 2.75) is 39.3 Å². The van der Waals surface area contributed by atoms with Gasteiger partial charge in [0.25, 0.3) is 5.91 Å². The van der Waals surface area contributed by atoms with E-state index in [1.165, 1.54) is 16.7 Å². The summed E-state index contributed by atoms with van der Waals surface area (Å²) in [6.07, 6.45) is 1.91. The number of rotatable bonds is 6. The molecule has 1 heterocycles. The zero-order valence-corrected chi connectivity index (χ0v) is 19.3. The number of aryl methyl sites for hydroxylation is 2. The Morgan fingerprint density at radius 2 is 1.62 bits per heavy atom. The van der Waals surface area contributed by atoms with Crippen molar-refractivity contribution in [1.82, 2.24) is 4.90 Å². The largest absolute Gasteiger partial charge is 0.497 e. The number of amides is 1. The van der Waals surface area contributed by atoms with Gasteiger partial charge in [-0.3, -0.25) is 9.69 Å².